The van der Waals surface area contributed by atoms with Gasteiger partial charge in [-0.2, -0.15) is 0 Å². The molecule has 0 aromatic heterocycles. The van der Waals surface area contributed by atoms with E-state index in [2.05, 4.69) is 68.9 Å². The number of ketones is 1. The van der Waals surface area contributed by atoms with Crippen molar-refractivity contribution in [3.63, 3.8) is 0 Å². The summed E-state index contributed by atoms with van der Waals surface area (Å²) in [5.74, 6) is 0.117. The van der Waals surface area contributed by atoms with Crippen LogP contribution in [-0.2, 0) is 0 Å². The smallest absolute Gasteiger partial charge is 0.159 e. The lowest BCUT2D eigenvalue weighted by Gasteiger charge is -2.26. The first-order valence-corrected chi connectivity index (χ1v) is 11.6. The number of carbonyl (C=O) groups excluding carboxylic acids is 1. The normalized spacial score (nSPS) is 12.2. The number of hydrogen-bond donors (Lipinski definition) is 0. The SMILES string of the molecule is CC[Si](/C=C(/c1ccccc1)c1ccc(C(C)=O)cc1)(CC)CC. The second kappa shape index (κ2) is 8.25. The lowest BCUT2D eigenvalue weighted by molar-refractivity contribution is 0.101. The van der Waals surface area contributed by atoms with E-state index >= 15 is 0 Å². The Kier molecular flexibility index (Phi) is 6.33. The van der Waals surface area contributed by atoms with Crippen LogP contribution < -0.4 is 0 Å². The molecule has 24 heavy (non-hydrogen) atoms. The van der Waals surface area contributed by atoms with Crippen LogP contribution in [0.15, 0.2) is 60.3 Å². The highest BCUT2D eigenvalue weighted by Gasteiger charge is 2.25. The molecule has 0 spiro atoms. The van der Waals surface area contributed by atoms with Gasteiger partial charge in [0.15, 0.2) is 5.78 Å². The van der Waals surface area contributed by atoms with E-state index in [1.54, 1.807) is 6.92 Å². The van der Waals surface area contributed by atoms with Crippen LogP contribution in [0.4, 0.5) is 0 Å². The summed E-state index contributed by atoms with van der Waals surface area (Å²) in [6.45, 7) is 8.61. The molecule has 1 nitrogen and oxygen atoms in total. The molecule has 126 valence electrons. The minimum Gasteiger partial charge on any atom is -0.295 e. The summed E-state index contributed by atoms with van der Waals surface area (Å²) in [5.41, 5.74) is 7.16. The molecule has 0 aliphatic carbocycles. The highest BCUT2D eigenvalue weighted by Crippen LogP contribution is 2.31. The number of Topliss-reactive ketones (excluding diaryl/α,β-unsaturated/α-hetero) is 1. The van der Waals surface area contributed by atoms with Crippen LogP contribution in [-0.4, -0.2) is 13.9 Å². The van der Waals surface area contributed by atoms with E-state index in [0.29, 0.717) is 0 Å². The van der Waals surface area contributed by atoms with Crippen LogP contribution in [0.3, 0.4) is 0 Å². The predicted octanol–water partition coefficient (Wildman–Crippen LogP) is 6.37. The monoisotopic (exact) mass is 336 g/mol. The lowest BCUT2D eigenvalue weighted by atomic mass is 9.98. The first-order chi connectivity index (χ1) is 11.5. The molecule has 0 amide bonds. The maximum absolute atomic E-state index is 11.6. The average molecular weight is 337 g/mol. The quantitative estimate of drug-likeness (QED) is 0.424. The number of carbonyl (C=O) groups is 1. The third-order valence-corrected chi connectivity index (χ3v) is 10.4. The summed E-state index contributed by atoms with van der Waals surface area (Å²) < 4.78 is 0. The maximum Gasteiger partial charge on any atom is 0.159 e. The zero-order valence-electron chi connectivity index (χ0n) is 15.3. The molecule has 2 heteroatoms. The first kappa shape index (κ1) is 18.4. The van der Waals surface area contributed by atoms with Crippen molar-refractivity contribution in [1.82, 2.24) is 0 Å². The van der Waals surface area contributed by atoms with Gasteiger partial charge in [0.25, 0.3) is 0 Å². The van der Waals surface area contributed by atoms with Gasteiger partial charge in [0.05, 0.1) is 8.07 Å². The molecular formula is C22H28OSi. The van der Waals surface area contributed by atoms with E-state index in [-0.39, 0.29) is 5.78 Å². The van der Waals surface area contributed by atoms with Crippen LogP contribution in [0.5, 0.6) is 0 Å². The van der Waals surface area contributed by atoms with Crippen LogP contribution in [0.2, 0.25) is 18.1 Å². The second-order valence-electron chi connectivity index (χ2n) is 6.48. The van der Waals surface area contributed by atoms with Crippen LogP contribution in [0.1, 0.15) is 49.2 Å². The molecule has 2 aromatic carbocycles. The Morgan fingerprint density at radius 3 is 1.71 bits per heavy atom. The van der Waals surface area contributed by atoms with E-state index in [1.807, 2.05) is 12.1 Å². The Morgan fingerprint density at radius 1 is 0.792 bits per heavy atom. The van der Waals surface area contributed by atoms with Crippen molar-refractivity contribution in [3.05, 3.63) is 77.0 Å². The fraction of sp³-hybridized carbons (Fsp3) is 0.318. The highest BCUT2D eigenvalue weighted by atomic mass is 28.3. The zero-order valence-corrected chi connectivity index (χ0v) is 16.3. The number of rotatable bonds is 7. The Balaban J connectivity index is 2.57. The van der Waals surface area contributed by atoms with Crippen LogP contribution >= 0.6 is 0 Å². The number of benzene rings is 2. The Morgan fingerprint density at radius 2 is 1.25 bits per heavy atom. The number of hydrogen-bond acceptors (Lipinski definition) is 1. The van der Waals surface area contributed by atoms with Gasteiger partial charge in [-0.25, -0.2) is 0 Å². The van der Waals surface area contributed by atoms with E-state index in [4.69, 9.17) is 0 Å². The Labute approximate surface area is 147 Å². The molecule has 0 heterocycles. The lowest BCUT2D eigenvalue weighted by Crippen LogP contribution is -2.29. The Hall–Kier alpha value is -1.93. The summed E-state index contributed by atoms with van der Waals surface area (Å²) in [4.78, 5) is 11.6. The topological polar surface area (TPSA) is 17.1 Å². The van der Waals surface area contributed by atoms with Crippen molar-refractivity contribution < 1.29 is 4.79 Å². The first-order valence-electron chi connectivity index (χ1n) is 8.95. The molecule has 0 bridgehead atoms. The van der Waals surface area contributed by atoms with E-state index in [9.17, 15) is 4.79 Å². The molecular weight excluding hydrogens is 308 g/mol. The molecule has 0 atom stereocenters. The van der Waals surface area contributed by atoms with Crippen molar-refractivity contribution in [2.24, 2.45) is 0 Å². The highest BCUT2D eigenvalue weighted by molar-refractivity contribution is 6.85. The molecule has 0 aliphatic rings. The second-order valence-corrected chi connectivity index (χ2v) is 11.6. The summed E-state index contributed by atoms with van der Waals surface area (Å²) in [5, 5.41) is 0. The third kappa shape index (κ3) is 4.12. The molecule has 0 N–H and O–H groups in total. The van der Waals surface area contributed by atoms with Crippen molar-refractivity contribution in [1.29, 1.82) is 0 Å². The third-order valence-electron chi connectivity index (χ3n) is 5.25. The molecule has 0 radical (unpaired) electrons. The Bertz CT molecular complexity index is 686. The average Bonchev–Trinajstić information content (AvgIpc) is 2.64. The van der Waals surface area contributed by atoms with Gasteiger partial charge in [0.1, 0.15) is 0 Å². The van der Waals surface area contributed by atoms with Crippen LogP contribution in [0.25, 0.3) is 5.57 Å². The summed E-state index contributed by atoms with van der Waals surface area (Å²) in [7, 11) is -1.41. The van der Waals surface area contributed by atoms with Crippen LogP contribution in [0, 0.1) is 0 Å². The van der Waals surface area contributed by atoms with Crippen molar-refractivity contribution in [3.8, 4) is 0 Å². The van der Waals surface area contributed by atoms with E-state index < -0.39 is 8.07 Å². The van der Waals surface area contributed by atoms with Crippen molar-refractivity contribution in [2.45, 2.75) is 45.8 Å². The van der Waals surface area contributed by atoms with Crippen molar-refractivity contribution >= 4 is 19.4 Å². The van der Waals surface area contributed by atoms with Gasteiger partial charge in [-0.15, -0.1) is 0 Å². The fourth-order valence-electron chi connectivity index (χ4n) is 3.20. The van der Waals surface area contributed by atoms with Crippen molar-refractivity contribution in [2.75, 3.05) is 0 Å². The van der Waals surface area contributed by atoms with Gasteiger partial charge in [0.2, 0.25) is 0 Å². The van der Waals surface area contributed by atoms with E-state index in [0.717, 1.165) is 5.56 Å². The molecule has 2 aromatic rings. The maximum atomic E-state index is 11.6. The summed E-state index contributed by atoms with van der Waals surface area (Å²) in [6, 6.07) is 22.5. The van der Waals surface area contributed by atoms with Gasteiger partial charge in [0, 0.05) is 5.56 Å². The molecule has 0 saturated carbocycles. The zero-order chi connectivity index (χ0) is 17.6. The molecule has 0 saturated heterocycles. The fourth-order valence-corrected chi connectivity index (χ4v) is 6.26. The van der Waals surface area contributed by atoms with Gasteiger partial charge >= 0.3 is 0 Å². The molecule has 0 unspecified atom stereocenters. The molecule has 0 fully saturated rings. The summed E-state index contributed by atoms with van der Waals surface area (Å²) in [6.07, 6.45) is 0. The standard InChI is InChI=1S/C22H28OSi/c1-5-24(6-2,7-3)17-22(20-11-9-8-10-12-20)21-15-13-19(14-16-21)18(4)23/h8-17H,5-7H2,1-4H3/b22-17-. The minimum absolute atomic E-state index is 0.117. The van der Waals surface area contributed by atoms with E-state index in [1.165, 1.54) is 34.8 Å². The molecule has 2 rings (SSSR count). The van der Waals surface area contributed by atoms with Gasteiger partial charge < -0.3 is 0 Å². The van der Waals surface area contributed by atoms with Gasteiger partial charge in [-0.05, 0) is 23.6 Å². The van der Waals surface area contributed by atoms with Gasteiger partial charge in [-0.3, -0.25) is 4.79 Å². The largest absolute Gasteiger partial charge is 0.295 e. The predicted molar refractivity (Wildman–Crippen MR) is 107 cm³/mol. The molecule has 0 aliphatic heterocycles. The summed E-state index contributed by atoms with van der Waals surface area (Å²) >= 11 is 0. The van der Waals surface area contributed by atoms with Gasteiger partial charge in [-0.1, -0.05) is 99.2 Å². The minimum atomic E-state index is -1.41.